The fraction of sp³-hybridized carbons (Fsp3) is 0.429. The molecular formula is C21H25N3O4. The lowest BCUT2D eigenvalue weighted by atomic mass is 9.85. The van der Waals surface area contributed by atoms with Crippen LogP contribution in [0, 0.1) is 0 Å². The maximum absolute atomic E-state index is 12.7. The Morgan fingerprint density at radius 2 is 1.86 bits per heavy atom. The van der Waals surface area contributed by atoms with Crippen molar-refractivity contribution in [2.24, 2.45) is 0 Å². The first kappa shape index (κ1) is 18.6. The fourth-order valence-electron chi connectivity index (χ4n) is 4.09. The number of ether oxygens (including phenoxy) is 1. The number of esters is 1. The zero-order chi connectivity index (χ0) is 19.6. The quantitative estimate of drug-likeness (QED) is 0.799. The molecule has 1 aromatic heterocycles. The molecule has 3 heterocycles. The van der Waals surface area contributed by atoms with Gasteiger partial charge in [0, 0.05) is 25.7 Å². The van der Waals surface area contributed by atoms with Crippen LogP contribution in [0.3, 0.4) is 0 Å². The summed E-state index contributed by atoms with van der Waals surface area (Å²) in [6.07, 6.45) is 1.55. The highest BCUT2D eigenvalue weighted by molar-refractivity contribution is 5.93. The third-order valence-electron chi connectivity index (χ3n) is 5.60. The molecule has 2 fully saturated rings. The van der Waals surface area contributed by atoms with Gasteiger partial charge in [0.05, 0.1) is 13.2 Å². The minimum Gasteiger partial charge on any atom is -0.461 e. The topological polar surface area (TPSA) is 75.0 Å². The van der Waals surface area contributed by atoms with Crippen molar-refractivity contribution in [3.63, 3.8) is 0 Å². The second-order valence-corrected chi connectivity index (χ2v) is 7.38. The van der Waals surface area contributed by atoms with E-state index in [9.17, 15) is 9.59 Å². The molecule has 4 rings (SSSR count). The van der Waals surface area contributed by atoms with E-state index >= 15 is 0 Å². The number of carbonyl (C=O) groups excluding carboxylic acids is 2. The zero-order valence-corrected chi connectivity index (χ0v) is 16.0. The van der Waals surface area contributed by atoms with Gasteiger partial charge in [0.25, 0.3) is 0 Å². The first-order valence-electron chi connectivity index (χ1n) is 9.61. The van der Waals surface area contributed by atoms with Crippen molar-refractivity contribution in [3.05, 3.63) is 54.0 Å². The lowest BCUT2D eigenvalue weighted by Gasteiger charge is -2.43. The summed E-state index contributed by atoms with van der Waals surface area (Å²) in [4.78, 5) is 28.1. The Morgan fingerprint density at radius 1 is 1.14 bits per heavy atom. The van der Waals surface area contributed by atoms with Crippen LogP contribution in [0.1, 0.15) is 31.3 Å². The summed E-state index contributed by atoms with van der Waals surface area (Å²) in [6, 6.07) is 13.9. The third-order valence-corrected chi connectivity index (χ3v) is 5.60. The molecule has 1 aromatic carbocycles. The van der Waals surface area contributed by atoms with Gasteiger partial charge in [-0.3, -0.25) is 14.5 Å². The molecule has 1 amide bonds. The number of para-hydroxylation sites is 1. The van der Waals surface area contributed by atoms with Crippen molar-refractivity contribution in [2.75, 3.05) is 24.7 Å². The van der Waals surface area contributed by atoms with Crippen LogP contribution in [0.5, 0.6) is 0 Å². The molecule has 2 aliphatic heterocycles. The van der Waals surface area contributed by atoms with Crippen molar-refractivity contribution in [1.29, 1.82) is 0 Å². The number of piperidine rings is 1. The molecular weight excluding hydrogens is 358 g/mol. The third kappa shape index (κ3) is 3.62. The minimum atomic E-state index is -0.471. The van der Waals surface area contributed by atoms with Crippen LogP contribution in [0.15, 0.2) is 46.9 Å². The predicted molar refractivity (Wildman–Crippen MR) is 103 cm³/mol. The summed E-state index contributed by atoms with van der Waals surface area (Å²) in [5.41, 5.74) is 0.608. The summed E-state index contributed by atoms with van der Waals surface area (Å²) < 4.78 is 10.7. The standard InChI is InChI=1S/C21H25N3O4/c1-16(25)27-14-19-8-7-18(28-19)13-23-11-9-21(10-12-23)20(26)22-15-24(21)17-5-3-2-4-6-17/h2-8H,9-15H2,1H3,(H,22,26). The van der Waals surface area contributed by atoms with Crippen molar-refractivity contribution >= 4 is 17.6 Å². The number of amides is 1. The highest BCUT2D eigenvalue weighted by Gasteiger charge is 2.50. The first-order valence-corrected chi connectivity index (χ1v) is 9.61. The number of benzene rings is 1. The highest BCUT2D eigenvalue weighted by Crippen LogP contribution is 2.36. The summed E-state index contributed by atoms with van der Waals surface area (Å²) >= 11 is 0. The van der Waals surface area contributed by atoms with Gasteiger partial charge in [-0.05, 0) is 37.1 Å². The molecule has 0 radical (unpaired) electrons. The average Bonchev–Trinajstić information content (AvgIpc) is 3.28. The Morgan fingerprint density at radius 3 is 2.57 bits per heavy atom. The van der Waals surface area contributed by atoms with Crippen molar-refractivity contribution in [2.45, 2.75) is 38.5 Å². The number of carbonyl (C=O) groups is 2. The van der Waals surface area contributed by atoms with E-state index in [-0.39, 0.29) is 18.5 Å². The summed E-state index contributed by atoms with van der Waals surface area (Å²) in [5.74, 6) is 1.28. The fourth-order valence-corrected chi connectivity index (χ4v) is 4.09. The van der Waals surface area contributed by atoms with Crippen LogP contribution in [0.4, 0.5) is 5.69 Å². The van der Waals surface area contributed by atoms with Gasteiger partial charge in [-0.2, -0.15) is 0 Å². The maximum Gasteiger partial charge on any atom is 0.303 e. The van der Waals surface area contributed by atoms with Gasteiger partial charge in [0.15, 0.2) is 0 Å². The highest BCUT2D eigenvalue weighted by atomic mass is 16.5. The monoisotopic (exact) mass is 383 g/mol. The first-order chi connectivity index (χ1) is 13.6. The van der Waals surface area contributed by atoms with E-state index in [2.05, 4.69) is 27.2 Å². The Kier molecular flexibility index (Phi) is 5.09. The van der Waals surface area contributed by atoms with Crippen LogP contribution in [0.2, 0.25) is 0 Å². The number of furan rings is 1. The molecule has 0 unspecified atom stereocenters. The van der Waals surface area contributed by atoms with E-state index < -0.39 is 5.54 Å². The normalized spacial score (nSPS) is 19.0. The lowest BCUT2D eigenvalue weighted by molar-refractivity contribution is -0.142. The molecule has 148 valence electrons. The molecule has 0 bridgehead atoms. The summed E-state index contributed by atoms with van der Waals surface area (Å²) in [6.45, 7) is 4.41. The Labute approximate surface area is 164 Å². The second kappa shape index (κ2) is 7.67. The summed E-state index contributed by atoms with van der Waals surface area (Å²) in [7, 11) is 0. The molecule has 7 nitrogen and oxygen atoms in total. The van der Waals surface area contributed by atoms with Crippen LogP contribution < -0.4 is 10.2 Å². The van der Waals surface area contributed by atoms with Gasteiger partial charge in [-0.15, -0.1) is 0 Å². The van der Waals surface area contributed by atoms with Crippen molar-refractivity contribution in [1.82, 2.24) is 10.2 Å². The Bertz CT molecular complexity index is 840. The molecule has 2 saturated heterocycles. The largest absolute Gasteiger partial charge is 0.461 e. The molecule has 28 heavy (non-hydrogen) atoms. The molecule has 2 aliphatic rings. The average molecular weight is 383 g/mol. The Hall–Kier alpha value is -2.80. The predicted octanol–water partition coefficient (Wildman–Crippen LogP) is 2.27. The van der Waals surface area contributed by atoms with Crippen LogP contribution in [-0.2, 0) is 27.5 Å². The Balaban J connectivity index is 1.38. The van der Waals surface area contributed by atoms with Crippen molar-refractivity contribution in [3.8, 4) is 0 Å². The van der Waals surface area contributed by atoms with Gasteiger partial charge < -0.3 is 19.4 Å². The summed E-state index contributed by atoms with van der Waals surface area (Å²) in [5, 5.41) is 3.03. The molecule has 2 aromatic rings. The molecule has 0 saturated carbocycles. The number of anilines is 1. The van der Waals surface area contributed by atoms with Gasteiger partial charge in [0.2, 0.25) is 5.91 Å². The van der Waals surface area contributed by atoms with E-state index in [1.165, 1.54) is 6.92 Å². The number of hydrogen-bond acceptors (Lipinski definition) is 6. The molecule has 0 aliphatic carbocycles. The van der Waals surface area contributed by atoms with Gasteiger partial charge >= 0.3 is 5.97 Å². The number of nitrogens with zero attached hydrogens (tertiary/aromatic N) is 2. The maximum atomic E-state index is 12.7. The number of hydrogen-bond donors (Lipinski definition) is 1. The van der Waals surface area contributed by atoms with Crippen molar-refractivity contribution < 1.29 is 18.7 Å². The van der Waals surface area contributed by atoms with E-state index in [0.717, 1.165) is 37.4 Å². The lowest BCUT2D eigenvalue weighted by Crippen LogP contribution is -2.56. The molecule has 0 atom stereocenters. The molecule has 7 heteroatoms. The number of likely N-dealkylation sites (tertiary alicyclic amines) is 1. The van der Waals surface area contributed by atoms with E-state index in [4.69, 9.17) is 9.15 Å². The van der Waals surface area contributed by atoms with Gasteiger partial charge in [-0.25, -0.2) is 0 Å². The molecule has 1 spiro atoms. The smallest absolute Gasteiger partial charge is 0.303 e. The number of nitrogens with one attached hydrogen (secondary N) is 1. The van der Waals surface area contributed by atoms with Crippen LogP contribution >= 0.6 is 0 Å². The van der Waals surface area contributed by atoms with Crippen LogP contribution in [0.25, 0.3) is 0 Å². The second-order valence-electron chi connectivity index (χ2n) is 7.38. The minimum absolute atomic E-state index is 0.123. The molecule has 1 N–H and O–H groups in total. The zero-order valence-electron chi connectivity index (χ0n) is 16.0. The van der Waals surface area contributed by atoms with E-state index in [0.29, 0.717) is 19.0 Å². The van der Waals surface area contributed by atoms with Crippen LogP contribution in [-0.4, -0.2) is 42.1 Å². The van der Waals surface area contributed by atoms with E-state index in [1.54, 1.807) is 0 Å². The van der Waals surface area contributed by atoms with E-state index in [1.807, 2.05) is 30.3 Å². The van der Waals surface area contributed by atoms with Gasteiger partial charge in [-0.1, -0.05) is 18.2 Å². The van der Waals surface area contributed by atoms with Gasteiger partial charge in [0.1, 0.15) is 23.7 Å². The SMILES string of the molecule is CC(=O)OCc1ccc(CN2CCC3(CC2)C(=O)NCN3c2ccccc2)o1. The number of rotatable bonds is 5.